The number of rotatable bonds is 3. The van der Waals surface area contributed by atoms with Crippen molar-refractivity contribution >= 4 is 11.8 Å². The van der Waals surface area contributed by atoms with Gasteiger partial charge in [-0.2, -0.15) is 0 Å². The number of amides is 2. The highest BCUT2D eigenvalue weighted by atomic mass is 19.1. The van der Waals surface area contributed by atoms with E-state index in [1.165, 1.54) is 6.07 Å². The maximum absolute atomic E-state index is 13.2. The zero-order chi connectivity index (χ0) is 15.7. The lowest BCUT2D eigenvalue weighted by Gasteiger charge is -2.40. The Morgan fingerprint density at radius 3 is 2.68 bits per heavy atom. The molecule has 1 aliphatic carbocycles. The van der Waals surface area contributed by atoms with Crippen LogP contribution in [0.1, 0.15) is 37.2 Å². The van der Waals surface area contributed by atoms with E-state index in [1.807, 2.05) is 6.07 Å². The van der Waals surface area contributed by atoms with Gasteiger partial charge in [0.25, 0.3) is 0 Å². The summed E-state index contributed by atoms with van der Waals surface area (Å²) >= 11 is 0. The summed E-state index contributed by atoms with van der Waals surface area (Å²) in [6.45, 7) is 1.17. The van der Waals surface area contributed by atoms with Crippen LogP contribution in [0.4, 0.5) is 4.39 Å². The summed E-state index contributed by atoms with van der Waals surface area (Å²) in [4.78, 5) is 25.6. The number of nitrogens with two attached hydrogens (primary N) is 1. The maximum Gasteiger partial charge on any atom is 0.225 e. The van der Waals surface area contributed by atoms with E-state index in [9.17, 15) is 14.0 Å². The number of carbonyl (C=O) groups is 2. The summed E-state index contributed by atoms with van der Waals surface area (Å²) < 4.78 is 13.2. The third-order valence-electron chi connectivity index (χ3n) is 4.94. The van der Waals surface area contributed by atoms with E-state index in [-0.39, 0.29) is 35.4 Å². The molecule has 1 unspecified atom stereocenters. The van der Waals surface area contributed by atoms with Gasteiger partial charge in [0.2, 0.25) is 11.8 Å². The first-order valence-corrected chi connectivity index (χ1v) is 7.88. The molecule has 3 rings (SSSR count). The SMILES string of the molecule is NC(=O)C1CCCN(C(=O)C2CC(c3cccc(F)c3)C2)C1. The van der Waals surface area contributed by atoms with E-state index >= 15 is 0 Å². The largest absolute Gasteiger partial charge is 0.369 e. The van der Waals surface area contributed by atoms with Gasteiger partial charge < -0.3 is 10.6 Å². The molecule has 2 aliphatic rings. The Labute approximate surface area is 129 Å². The molecule has 1 aromatic carbocycles. The molecular weight excluding hydrogens is 283 g/mol. The van der Waals surface area contributed by atoms with Crippen molar-refractivity contribution in [3.8, 4) is 0 Å². The van der Waals surface area contributed by atoms with Crippen molar-refractivity contribution in [3.63, 3.8) is 0 Å². The minimum Gasteiger partial charge on any atom is -0.369 e. The van der Waals surface area contributed by atoms with E-state index in [1.54, 1.807) is 17.0 Å². The van der Waals surface area contributed by atoms with Gasteiger partial charge in [-0.05, 0) is 49.3 Å². The Balaban J connectivity index is 1.56. The quantitative estimate of drug-likeness (QED) is 0.929. The molecule has 1 heterocycles. The summed E-state index contributed by atoms with van der Waals surface area (Å²) in [6, 6.07) is 6.61. The first-order chi connectivity index (χ1) is 10.5. The molecule has 1 saturated heterocycles. The van der Waals surface area contributed by atoms with Crippen molar-refractivity contribution in [1.29, 1.82) is 0 Å². The van der Waals surface area contributed by atoms with Crippen molar-refractivity contribution in [1.82, 2.24) is 4.90 Å². The molecule has 2 fully saturated rings. The predicted molar refractivity (Wildman–Crippen MR) is 80.4 cm³/mol. The van der Waals surface area contributed by atoms with Crippen molar-refractivity contribution in [2.45, 2.75) is 31.6 Å². The molecular formula is C17H21FN2O2. The number of piperidine rings is 1. The molecule has 22 heavy (non-hydrogen) atoms. The minimum atomic E-state index is -0.316. The van der Waals surface area contributed by atoms with Gasteiger partial charge >= 0.3 is 0 Å². The number of hydrogen-bond acceptors (Lipinski definition) is 2. The molecule has 1 aromatic rings. The second-order valence-electron chi connectivity index (χ2n) is 6.45. The molecule has 118 valence electrons. The Morgan fingerprint density at radius 1 is 1.23 bits per heavy atom. The lowest BCUT2D eigenvalue weighted by Crippen LogP contribution is -2.48. The van der Waals surface area contributed by atoms with Crippen LogP contribution in [0.25, 0.3) is 0 Å². The highest BCUT2D eigenvalue weighted by molar-refractivity contribution is 5.82. The number of carbonyl (C=O) groups excluding carboxylic acids is 2. The van der Waals surface area contributed by atoms with E-state index in [2.05, 4.69) is 0 Å². The summed E-state index contributed by atoms with van der Waals surface area (Å²) in [6.07, 6.45) is 3.13. The van der Waals surface area contributed by atoms with Crippen molar-refractivity contribution in [2.75, 3.05) is 13.1 Å². The van der Waals surface area contributed by atoms with Crippen LogP contribution in [-0.4, -0.2) is 29.8 Å². The van der Waals surface area contributed by atoms with Crippen molar-refractivity contribution < 1.29 is 14.0 Å². The summed E-state index contributed by atoms with van der Waals surface area (Å²) in [5, 5.41) is 0. The fourth-order valence-corrected chi connectivity index (χ4v) is 3.52. The highest BCUT2D eigenvalue weighted by Gasteiger charge is 2.39. The molecule has 2 amide bonds. The summed E-state index contributed by atoms with van der Waals surface area (Å²) in [5.41, 5.74) is 6.32. The lowest BCUT2D eigenvalue weighted by atomic mass is 9.70. The minimum absolute atomic E-state index is 0.0000983. The number of benzene rings is 1. The monoisotopic (exact) mass is 304 g/mol. The normalized spacial score (nSPS) is 28.0. The van der Waals surface area contributed by atoms with Gasteiger partial charge in [-0.1, -0.05) is 12.1 Å². The van der Waals surface area contributed by atoms with Crippen LogP contribution in [0.3, 0.4) is 0 Å². The highest BCUT2D eigenvalue weighted by Crippen LogP contribution is 2.43. The van der Waals surface area contributed by atoms with E-state index < -0.39 is 0 Å². The average Bonchev–Trinajstić information content (AvgIpc) is 2.46. The molecule has 0 bridgehead atoms. The average molecular weight is 304 g/mol. The summed E-state index contributed by atoms with van der Waals surface area (Å²) in [5.74, 6) is -0.368. The number of primary amides is 1. The standard InChI is InChI=1S/C17H21FN2O2/c18-15-5-1-3-11(9-15)13-7-14(8-13)17(22)20-6-2-4-12(10-20)16(19)21/h1,3,5,9,12-14H,2,4,6-8,10H2,(H2,19,21). The molecule has 1 atom stereocenters. The summed E-state index contributed by atoms with van der Waals surface area (Å²) in [7, 11) is 0. The Bertz CT molecular complexity index is 584. The molecule has 1 aliphatic heterocycles. The maximum atomic E-state index is 13.2. The van der Waals surface area contributed by atoms with Crippen LogP contribution in [0.2, 0.25) is 0 Å². The third kappa shape index (κ3) is 2.98. The smallest absolute Gasteiger partial charge is 0.225 e. The number of hydrogen-bond donors (Lipinski definition) is 1. The van der Waals surface area contributed by atoms with E-state index in [0.717, 1.165) is 31.2 Å². The zero-order valence-corrected chi connectivity index (χ0v) is 12.5. The Morgan fingerprint density at radius 2 is 2.00 bits per heavy atom. The third-order valence-corrected chi connectivity index (χ3v) is 4.94. The number of nitrogens with zero attached hydrogens (tertiary/aromatic N) is 1. The second kappa shape index (κ2) is 6.07. The van der Waals surface area contributed by atoms with Crippen LogP contribution >= 0.6 is 0 Å². The Hall–Kier alpha value is -1.91. The van der Waals surface area contributed by atoms with Crippen molar-refractivity contribution in [3.05, 3.63) is 35.6 Å². The van der Waals surface area contributed by atoms with Crippen LogP contribution in [0, 0.1) is 17.7 Å². The van der Waals surface area contributed by atoms with Gasteiger partial charge in [0.1, 0.15) is 5.82 Å². The first kappa shape index (κ1) is 15.0. The molecule has 0 aromatic heterocycles. The van der Waals surface area contributed by atoms with Crippen LogP contribution < -0.4 is 5.73 Å². The lowest BCUT2D eigenvalue weighted by molar-refractivity contribution is -0.141. The van der Waals surface area contributed by atoms with E-state index in [4.69, 9.17) is 5.73 Å². The van der Waals surface area contributed by atoms with Crippen LogP contribution in [0.5, 0.6) is 0 Å². The number of likely N-dealkylation sites (tertiary alicyclic amines) is 1. The van der Waals surface area contributed by atoms with Gasteiger partial charge in [-0.3, -0.25) is 9.59 Å². The van der Waals surface area contributed by atoms with Crippen LogP contribution in [0.15, 0.2) is 24.3 Å². The van der Waals surface area contributed by atoms with Gasteiger partial charge in [0.05, 0.1) is 5.92 Å². The molecule has 0 spiro atoms. The fourth-order valence-electron chi connectivity index (χ4n) is 3.52. The van der Waals surface area contributed by atoms with Gasteiger partial charge in [-0.25, -0.2) is 4.39 Å². The molecule has 2 N–H and O–H groups in total. The van der Waals surface area contributed by atoms with Gasteiger partial charge in [-0.15, -0.1) is 0 Å². The van der Waals surface area contributed by atoms with Crippen LogP contribution in [-0.2, 0) is 9.59 Å². The first-order valence-electron chi connectivity index (χ1n) is 7.88. The zero-order valence-electron chi connectivity index (χ0n) is 12.5. The molecule has 5 heteroatoms. The second-order valence-corrected chi connectivity index (χ2v) is 6.45. The van der Waals surface area contributed by atoms with Crippen molar-refractivity contribution in [2.24, 2.45) is 17.6 Å². The number of halogens is 1. The fraction of sp³-hybridized carbons (Fsp3) is 0.529. The topological polar surface area (TPSA) is 63.4 Å². The molecule has 0 radical (unpaired) electrons. The Kier molecular flexibility index (Phi) is 4.14. The molecule has 4 nitrogen and oxygen atoms in total. The molecule has 1 saturated carbocycles. The van der Waals surface area contributed by atoms with Gasteiger partial charge in [0.15, 0.2) is 0 Å². The predicted octanol–water partition coefficient (Wildman–Crippen LogP) is 2.04. The van der Waals surface area contributed by atoms with E-state index in [0.29, 0.717) is 13.1 Å². The van der Waals surface area contributed by atoms with Gasteiger partial charge in [0, 0.05) is 19.0 Å².